The van der Waals surface area contributed by atoms with Crippen LogP contribution in [0, 0.1) is 11.8 Å². The highest BCUT2D eigenvalue weighted by Gasteiger charge is 2.11. The highest BCUT2D eigenvalue weighted by atomic mass is 14.2. The van der Waals surface area contributed by atoms with Crippen LogP contribution in [0.15, 0.2) is 0 Å². The van der Waals surface area contributed by atoms with Gasteiger partial charge in [-0.25, -0.2) is 0 Å². The van der Waals surface area contributed by atoms with Crippen molar-refractivity contribution in [3.63, 3.8) is 0 Å². The lowest BCUT2D eigenvalue weighted by Gasteiger charge is -2.20. The normalized spacial score (nSPS) is 13.2. The quantitative estimate of drug-likeness (QED) is 0.361. The summed E-state index contributed by atoms with van der Waals surface area (Å²) in [5, 5.41) is 0. The van der Waals surface area contributed by atoms with Gasteiger partial charge in [-0.2, -0.15) is 0 Å². The van der Waals surface area contributed by atoms with E-state index in [-0.39, 0.29) is 0 Å². The Balaban J connectivity index is 3.85. The highest BCUT2D eigenvalue weighted by molar-refractivity contribution is 4.64. The first-order chi connectivity index (χ1) is 8.28. The topological polar surface area (TPSA) is 0 Å². The van der Waals surface area contributed by atoms with Crippen molar-refractivity contribution in [2.75, 3.05) is 0 Å². The molecule has 0 fully saturated rings. The molecule has 17 heavy (non-hydrogen) atoms. The molecule has 0 aliphatic carbocycles. The molecule has 0 aromatic carbocycles. The molecule has 0 N–H and O–H groups in total. The first-order valence-corrected chi connectivity index (χ1v) is 8.28. The third-order valence-electron chi connectivity index (χ3n) is 4.19. The predicted molar refractivity (Wildman–Crippen MR) is 80.5 cm³/mol. The van der Waals surface area contributed by atoms with Crippen LogP contribution in [0.25, 0.3) is 0 Å². The monoisotopic (exact) mass is 240 g/mol. The summed E-state index contributed by atoms with van der Waals surface area (Å²) in [6.07, 6.45) is 15.8. The largest absolute Gasteiger partial charge is 0.0654 e. The summed E-state index contributed by atoms with van der Waals surface area (Å²) < 4.78 is 0. The maximum atomic E-state index is 2.37. The average molecular weight is 240 g/mol. The SMILES string of the molecule is CCCCC(CCCC)CCC(CC)CCC. The van der Waals surface area contributed by atoms with Crippen LogP contribution in [-0.2, 0) is 0 Å². The Morgan fingerprint density at radius 2 is 1.06 bits per heavy atom. The summed E-state index contributed by atoms with van der Waals surface area (Å²) in [4.78, 5) is 0. The van der Waals surface area contributed by atoms with Gasteiger partial charge in [0.15, 0.2) is 0 Å². The summed E-state index contributed by atoms with van der Waals surface area (Å²) in [6, 6.07) is 0. The second-order valence-corrected chi connectivity index (χ2v) is 5.79. The number of hydrogen-bond acceptors (Lipinski definition) is 0. The van der Waals surface area contributed by atoms with Crippen LogP contribution in [0.2, 0.25) is 0 Å². The van der Waals surface area contributed by atoms with Crippen molar-refractivity contribution in [2.45, 2.75) is 98.3 Å². The van der Waals surface area contributed by atoms with Gasteiger partial charge >= 0.3 is 0 Å². The molecule has 0 amide bonds. The summed E-state index contributed by atoms with van der Waals surface area (Å²) in [5.74, 6) is 2.03. The fourth-order valence-electron chi connectivity index (χ4n) is 2.85. The Hall–Kier alpha value is 0. The third kappa shape index (κ3) is 9.68. The van der Waals surface area contributed by atoms with Gasteiger partial charge in [-0.1, -0.05) is 98.3 Å². The molecule has 1 unspecified atom stereocenters. The van der Waals surface area contributed by atoms with Gasteiger partial charge in [-0.3, -0.25) is 0 Å². The Bertz CT molecular complexity index is 131. The molecular weight excluding hydrogens is 204 g/mol. The lowest BCUT2D eigenvalue weighted by Crippen LogP contribution is -2.06. The third-order valence-corrected chi connectivity index (χ3v) is 4.19. The molecule has 1 atom stereocenters. The molecule has 0 aliphatic rings. The summed E-state index contributed by atoms with van der Waals surface area (Å²) >= 11 is 0. The van der Waals surface area contributed by atoms with E-state index in [9.17, 15) is 0 Å². The Morgan fingerprint density at radius 3 is 1.47 bits per heavy atom. The number of hydrogen-bond donors (Lipinski definition) is 0. The molecule has 0 rings (SSSR count). The molecule has 0 bridgehead atoms. The summed E-state index contributed by atoms with van der Waals surface area (Å²) in [6.45, 7) is 9.34. The fourth-order valence-corrected chi connectivity index (χ4v) is 2.85. The van der Waals surface area contributed by atoms with Gasteiger partial charge in [0.25, 0.3) is 0 Å². The van der Waals surface area contributed by atoms with Crippen molar-refractivity contribution < 1.29 is 0 Å². The van der Waals surface area contributed by atoms with Crippen LogP contribution >= 0.6 is 0 Å². The second kappa shape index (κ2) is 12.5. The van der Waals surface area contributed by atoms with Crippen molar-refractivity contribution in [3.8, 4) is 0 Å². The van der Waals surface area contributed by atoms with Crippen LogP contribution in [0.5, 0.6) is 0 Å². The highest BCUT2D eigenvalue weighted by Crippen LogP contribution is 2.26. The van der Waals surface area contributed by atoms with Crippen molar-refractivity contribution in [1.29, 1.82) is 0 Å². The van der Waals surface area contributed by atoms with E-state index in [0.29, 0.717) is 0 Å². The van der Waals surface area contributed by atoms with E-state index >= 15 is 0 Å². The lowest BCUT2D eigenvalue weighted by molar-refractivity contribution is 0.329. The van der Waals surface area contributed by atoms with E-state index in [1.54, 1.807) is 0 Å². The van der Waals surface area contributed by atoms with Crippen molar-refractivity contribution in [2.24, 2.45) is 11.8 Å². The Kier molecular flexibility index (Phi) is 12.5. The first-order valence-electron chi connectivity index (χ1n) is 8.28. The molecule has 0 heteroatoms. The molecule has 104 valence electrons. The molecule has 0 radical (unpaired) electrons. The number of unbranched alkanes of at least 4 members (excludes halogenated alkanes) is 2. The smallest absolute Gasteiger partial charge is 0.0414 e. The van der Waals surface area contributed by atoms with Crippen LogP contribution in [-0.4, -0.2) is 0 Å². The minimum atomic E-state index is 1.01. The van der Waals surface area contributed by atoms with Gasteiger partial charge in [0.2, 0.25) is 0 Å². The van der Waals surface area contributed by atoms with E-state index in [2.05, 4.69) is 27.7 Å². The summed E-state index contributed by atoms with van der Waals surface area (Å²) in [7, 11) is 0. The van der Waals surface area contributed by atoms with Gasteiger partial charge in [0.05, 0.1) is 0 Å². The molecular formula is C17H36. The van der Waals surface area contributed by atoms with Crippen LogP contribution in [0.4, 0.5) is 0 Å². The molecule has 0 saturated heterocycles. The zero-order valence-electron chi connectivity index (χ0n) is 12.9. The van der Waals surface area contributed by atoms with E-state index in [0.717, 1.165) is 11.8 Å². The van der Waals surface area contributed by atoms with Crippen LogP contribution < -0.4 is 0 Å². The zero-order valence-corrected chi connectivity index (χ0v) is 12.9. The van der Waals surface area contributed by atoms with E-state index < -0.39 is 0 Å². The fraction of sp³-hybridized carbons (Fsp3) is 1.00. The molecule has 0 aliphatic heterocycles. The number of rotatable bonds is 12. The maximum Gasteiger partial charge on any atom is -0.0414 e. The van der Waals surface area contributed by atoms with Gasteiger partial charge in [-0.15, -0.1) is 0 Å². The molecule has 0 nitrogen and oxygen atoms in total. The molecule has 0 heterocycles. The predicted octanol–water partition coefficient (Wildman–Crippen LogP) is 6.59. The first kappa shape index (κ1) is 17.0. The van der Waals surface area contributed by atoms with Gasteiger partial charge in [0.1, 0.15) is 0 Å². The maximum absolute atomic E-state index is 2.37. The van der Waals surface area contributed by atoms with Crippen LogP contribution in [0.1, 0.15) is 98.3 Å². The summed E-state index contributed by atoms with van der Waals surface area (Å²) in [5.41, 5.74) is 0. The minimum absolute atomic E-state index is 1.01. The van der Waals surface area contributed by atoms with Crippen molar-refractivity contribution >= 4 is 0 Å². The second-order valence-electron chi connectivity index (χ2n) is 5.79. The van der Waals surface area contributed by atoms with Crippen LogP contribution in [0.3, 0.4) is 0 Å². The van der Waals surface area contributed by atoms with Crippen molar-refractivity contribution in [3.05, 3.63) is 0 Å². The van der Waals surface area contributed by atoms with E-state index in [4.69, 9.17) is 0 Å². The van der Waals surface area contributed by atoms with Gasteiger partial charge < -0.3 is 0 Å². The Labute approximate surface area is 111 Å². The zero-order chi connectivity index (χ0) is 12.9. The average Bonchev–Trinajstić information content (AvgIpc) is 2.36. The molecule has 0 aromatic rings. The minimum Gasteiger partial charge on any atom is -0.0654 e. The van der Waals surface area contributed by atoms with Gasteiger partial charge in [0, 0.05) is 0 Å². The van der Waals surface area contributed by atoms with Crippen molar-refractivity contribution in [1.82, 2.24) is 0 Å². The molecule has 0 aromatic heterocycles. The standard InChI is InChI=1S/C17H36/c1-5-9-12-17(13-10-6-2)15-14-16(8-4)11-7-3/h16-17H,5-15H2,1-4H3. The lowest BCUT2D eigenvalue weighted by atomic mass is 9.86. The molecule has 0 saturated carbocycles. The Morgan fingerprint density at radius 1 is 0.529 bits per heavy atom. The molecule has 0 spiro atoms. The van der Waals surface area contributed by atoms with E-state index in [1.807, 2.05) is 0 Å². The van der Waals surface area contributed by atoms with E-state index in [1.165, 1.54) is 70.6 Å². The van der Waals surface area contributed by atoms with Gasteiger partial charge in [-0.05, 0) is 11.8 Å².